The van der Waals surface area contributed by atoms with Gasteiger partial charge in [0.05, 0.1) is 17.0 Å². The lowest BCUT2D eigenvalue weighted by molar-refractivity contribution is -0.140. The molecule has 0 unspecified atom stereocenters. The van der Waals surface area contributed by atoms with Crippen LogP contribution in [0.25, 0.3) is 0 Å². The number of carboxylic acids is 1. The van der Waals surface area contributed by atoms with Crippen LogP contribution in [0.3, 0.4) is 0 Å². The van der Waals surface area contributed by atoms with Crippen LogP contribution in [0.15, 0.2) is 23.1 Å². The largest absolute Gasteiger partial charge is 0.495 e. The summed E-state index contributed by atoms with van der Waals surface area (Å²) in [5.41, 5.74) is 0. The molecule has 0 saturated heterocycles. The molecule has 19 heavy (non-hydrogen) atoms. The standard InChI is InChI=1S/C11H14ClNO5S/c1-7(11(14)15)13(2)19(16,17)8-4-5-10(18-3)9(12)6-8/h4-7H,1-3H3,(H,14,15)/t7-/m0/s1. The highest BCUT2D eigenvalue weighted by Gasteiger charge is 2.29. The summed E-state index contributed by atoms with van der Waals surface area (Å²) in [6.07, 6.45) is 0. The van der Waals surface area contributed by atoms with Gasteiger partial charge in [0.1, 0.15) is 11.8 Å². The predicted octanol–water partition coefficient (Wildman–Crippen LogP) is 1.44. The number of rotatable bonds is 5. The maximum absolute atomic E-state index is 12.2. The number of methoxy groups -OCH3 is 1. The lowest BCUT2D eigenvalue weighted by atomic mass is 10.3. The molecule has 0 aliphatic carbocycles. The smallest absolute Gasteiger partial charge is 0.321 e. The molecule has 0 aliphatic heterocycles. The van der Waals surface area contributed by atoms with Gasteiger partial charge in [-0.3, -0.25) is 4.79 Å². The van der Waals surface area contributed by atoms with Gasteiger partial charge >= 0.3 is 5.97 Å². The summed E-state index contributed by atoms with van der Waals surface area (Å²) in [7, 11) is -1.31. The Balaban J connectivity index is 3.20. The Morgan fingerprint density at radius 3 is 2.47 bits per heavy atom. The molecule has 6 nitrogen and oxygen atoms in total. The van der Waals surface area contributed by atoms with E-state index in [-0.39, 0.29) is 9.92 Å². The van der Waals surface area contributed by atoms with Gasteiger partial charge < -0.3 is 9.84 Å². The van der Waals surface area contributed by atoms with Gasteiger partial charge in [-0.2, -0.15) is 4.31 Å². The summed E-state index contributed by atoms with van der Waals surface area (Å²) in [4.78, 5) is 10.7. The molecule has 1 aromatic carbocycles. The molecule has 1 aromatic rings. The van der Waals surface area contributed by atoms with Crippen LogP contribution in [0, 0.1) is 0 Å². The highest BCUT2D eigenvalue weighted by molar-refractivity contribution is 7.89. The van der Waals surface area contributed by atoms with Crippen LogP contribution < -0.4 is 4.74 Å². The van der Waals surface area contributed by atoms with E-state index in [1.807, 2.05) is 0 Å². The fourth-order valence-corrected chi connectivity index (χ4v) is 3.01. The summed E-state index contributed by atoms with van der Waals surface area (Å²) in [6.45, 7) is 1.28. The van der Waals surface area contributed by atoms with Gasteiger partial charge in [0.25, 0.3) is 0 Å². The third-order valence-corrected chi connectivity index (χ3v) is 4.92. The van der Waals surface area contributed by atoms with E-state index in [0.29, 0.717) is 5.75 Å². The van der Waals surface area contributed by atoms with Gasteiger partial charge in [0.2, 0.25) is 10.0 Å². The minimum absolute atomic E-state index is 0.0890. The second-order valence-corrected chi connectivity index (χ2v) is 6.24. The van der Waals surface area contributed by atoms with Crippen molar-refractivity contribution in [1.29, 1.82) is 0 Å². The zero-order chi connectivity index (χ0) is 14.8. The average Bonchev–Trinajstić information content (AvgIpc) is 2.36. The molecule has 0 fully saturated rings. The maximum Gasteiger partial charge on any atom is 0.321 e. The summed E-state index contributed by atoms with van der Waals surface area (Å²) < 4.78 is 30.1. The molecule has 0 aliphatic rings. The maximum atomic E-state index is 12.2. The monoisotopic (exact) mass is 307 g/mol. The molecule has 106 valence electrons. The van der Waals surface area contributed by atoms with Gasteiger partial charge in [-0.1, -0.05) is 11.6 Å². The zero-order valence-electron chi connectivity index (χ0n) is 10.6. The molecule has 0 amide bonds. The number of nitrogens with zero attached hydrogens (tertiary/aromatic N) is 1. The Morgan fingerprint density at radius 2 is 2.05 bits per heavy atom. The second-order valence-electron chi connectivity index (χ2n) is 3.83. The van der Waals surface area contributed by atoms with E-state index in [0.717, 1.165) is 4.31 Å². The minimum Gasteiger partial charge on any atom is -0.495 e. The summed E-state index contributed by atoms with van der Waals surface area (Å²) in [6, 6.07) is 2.77. The molecular weight excluding hydrogens is 294 g/mol. The van der Waals surface area contributed by atoms with E-state index in [1.54, 1.807) is 0 Å². The number of hydrogen-bond acceptors (Lipinski definition) is 4. The van der Waals surface area contributed by atoms with Crippen molar-refractivity contribution < 1.29 is 23.1 Å². The minimum atomic E-state index is -3.92. The van der Waals surface area contributed by atoms with Crippen LogP contribution >= 0.6 is 11.6 Å². The fraction of sp³-hybridized carbons (Fsp3) is 0.364. The molecule has 0 aromatic heterocycles. The van der Waals surface area contributed by atoms with Crippen molar-refractivity contribution in [2.45, 2.75) is 17.9 Å². The van der Waals surface area contributed by atoms with Crippen molar-refractivity contribution in [1.82, 2.24) is 4.31 Å². The fourth-order valence-electron chi connectivity index (χ4n) is 1.34. The number of likely N-dealkylation sites (N-methyl/N-ethyl adjacent to an activating group) is 1. The third-order valence-electron chi connectivity index (χ3n) is 2.70. The molecule has 0 spiro atoms. The molecule has 0 radical (unpaired) electrons. The van der Waals surface area contributed by atoms with Gasteiger partial charge in [-0.25, -0.2) is 8.42 Å². The first kappa shape index (κ1) is 15.7. The first-order valence-electron chi connectivity index (χ1n) is 5.26. The van der Waals surface area contributed by atoms with Crippen LogP contribution in [0.1, 0.15) is 6.92 Å². The van der Waals surface area contributed by atoms with Crippen molar-refractivity contribution in [3.8, 4) is 5.75 Å². The molecule has 0 saturated carbocycles. The summed E-state index contributed by atoms with van der Waals surface area (Å²) in [5.74, 6) is -0.889. The lowest BCUT2D eigenvalue weighted by Gasteiger charge is -2.21. The Kier molecular flexibility index (Phi) is 4.78. The number of carboxylic acid groups (broad SMARTS) is 1. The zero-order valence-corrected chi connectivity index (χ0v) is 12.2. The molecular formula is C11H14ClNO5S. The van der Waals surface area contributed by atoms with E-state index in [2.05, 4.69) is 0 Å². The van der Waals surface area contributed by atoms with Crippen LogP contribution in [0.2, 0.25) is 5.02 Å². The number of ether oxygens (including phenoxy) is 1. The first-order valence-corrected chi connectivity index (χ1v) is 7.08. The molecule has 0 heterocycles. The lowest BCUT2D eigenvalue weighted by Crippen LogP contribution is -2.40. The van der Waals surface area contributed by atoms with Gasteiger partial charge in [-0.15, -0.1) is 0 Å². The Morgan fingerprint density at radius 1 is 1.47 bits per heavy atom. The van der Waals surface area contributed by atoms with Gasteiger partial charge in [-0.05, 0) is 25.1 Å². The number of hydrogen-bond donors (Lipinski definition) is 1. The third kappa shape index (κ3) is 3.17. The van der Waals surface area contributed by atoms with E-state index >= 15 is 0 Å². The van der Waals surface area contributed by atoms with Crippen LogP contribution in [0.4, 0.5) is 0 Å². The Hall–Kier alpha value is -1.31. The summed E-state index contributed by atoms with van der Waals surface area (Å²) >= 11 is 5.86. The Labute approximate surface area is 116 Å². The highest BCUT2D eigenvalue weighted by Crippen LogP contribution is 2.28. The van der Waals surface area contributed by atoms with E-state index in [4.69, 9.17) is 21.4 Å². The molecule has 1 N–H and O–H groups in total. The van der Waals surface area contributed by atoms with Gasteiger partial charge in [0, 0.05) is 7.05 Å². The number of sulfonamides is 1. The first-order chi connectivity index (χ1) is 8.71. The molecule has 1 atom stereocenters. The van der Waals surface area contributed by atoms with Crippen LogP contribution in [-0.4, -0.2) is 44.0 Å². The highest BCUT2D eigenvalue weighted by atomic mass is 35.5. The predicted molar refractivity (Wildman–Crippen MR) is 70.1 cm³/mol. The molecule has 1 rings (SSSR count). The second kappa shape index (κ2) is 5.77. The van der Waals surface area contributed by atoms with Crippen LogP contribution in [-0.2, 0) is 14.8 Å². The SMILES string of the molecule is COc1ccc(S(=O)(=O)N(C)[C@@H](C)C(=O)O)cc1Cl. The number of halogens is 1. The molecule has 8 heteroatoms. The Bertz CT molecular complexity index is 587. The van der Waals surface area contributed by atoms with Crippen molar-refractivity contribution in [2.24, 2.45) is 0 Å². The van der Waals surface area contributed by atoms with Crippen molar-refractivity contribution in [2.75, 3.05) is 14.2 Å². The number of aliphatic carboxylic acids is 1. The average molecular weight is 308 g/mol. The topological polar surface area (TPSA) is 83.9 Å². The van der Waals surface area contributed by atoms with E-state index < -0.39 is 22.0 Å². The van der Waals surface area contributed by atoms with Gasteiger partial charge in [0.15, 0.2) is 0 Å². The van der Waals surface area contributed by atoms with E-state index in [9.17, 15) is 13.2 Å². The van der Waals surface area contributed by atoms with E-state index in [1.165, 1.54) is 39.3 Å². The number of benzene rings is 1. The van der Waals surface area contributed by atoms with Crippen LogP contribution in [0.5, 0.6) is 5.75 Å². The quantitative estimate of drug-likeness (QED) is 0.890. The number of carbonyl (C=O) groups is 1. The molecule has 0 bridgehead atoms. The summed E-state index contributed by atoms with van der Waals surface area (Å²) in [5, 5.41) is 8.99. The van der Waals surface area contributed by atoms with Crippen molar-refractivity contribution in [3.63, 3.8) is 0 Å². The van der Waals surface area contributed by atoms with Crippen molar-refractivity contribution in [3.05, 3.63) is 23.2 Å². The normalized spacial score (nSPS) is 13.3. The van der Waals surface area contributed by atoms with Crippen molar-refractivity contribution >= 4 is 27.6 Å².